The van der Waals surface area contributed by atoms with E-state index >= 15 is 0 Å². The van der Waals surface area contributed by atoms with Crippen LogP contribution < -0.4 is 0 Å². The summed E-state index contributed by atoms with van der Waals surface area (Å²) in [4.78, 5) is 12.1. The van der Waals surface area contributed by atoms with Gasteiger partial charge in [0.2, 0.25) is 0 Å². The van der Waals surface area contributed by atoms with Crippen LogP contribution in [0.5, 0.6) is 0 Å². The van der Waals surface area contributed by atoms with Crippen LogP contribution >= 0.6 is 0 Å². The van der Waals surface area contributed by atoms with Gasteiger partial charge in [-0.05, 0) is 43.5 Å². The second-order valence-electron chi connectivity index (χ2n) is 8.39. The highest BCUT2D eigenvalue weighted by molar-refractivity contribution is 6.74. The number of rotatable bonds is 9. The molecule has 0 spiro atoms. The quantitative estimate of drug-likeness (QED) is 0.281. The van der Waals surface area contributed by atoms with Crippen molar-refractivity contribution in [3.05, 3.63) is 36.5 Å². The molecule has 2 atom stereocenters. The van der Waals surface area contributed by atoms with Crippen molar-refractivity contribution >= 4 is 14.1 Å². The van der Waals surface area contributed by atoms with Crippen molar-refractivity contribution in [1.29, 1.82) is 0 Å². The number of ketones is 1. The molecular formula is C21H36O2Si. The smallest absolute Gasteiger partial charge is 0.192 e. The zero-order chi connectivity index (χ0) is 18.4. The van der Waals surface area contributed by atoms with E-state index in [0.29, 0.717) is 0 Å². The number of hydrogen-bond donors (Lipinski definition) is 0. The van der Waals surface area contributed by atoms with E-state index in [1.165, 1.54) is 12.8 Å². The highest BCUT2D eigenvalue weighted by Crippen LogP contribution is 2.38. The van der Waals surface area contributed by atoms with Crippen LogP contribution in [-0.4, -0.2) is 20.2 Å². The van der Waals surface area contributed by atoms with Gasteiger partial charge in [-0.1, -0.05) is 58.8 Å². The molecule has 1 aliphatic carbocycles. The minimum absolute atomic E-state index is 0.156. The summed E-state index contributed by atoms with van der Waals surface area (Å²) in [5, 5.41) is 0.209. The fourth-order valence-corrected chi connectivity index (χ4v) is 4.13. The molecule has 0 heterocycles. The first-order valence-electron chi connectivity index (χ1n) is 9.33. The highest BCUT2D eigenvalue weighted by Gasteiger charge is 2.38. The van der Waals surface area contributed by atoms with Gasteiger partial charge < -0.3 is 4.43 Å². The Labute approximate surface area is 150 Å². The number of carbonyl (C=O) groups excluding carboxylic acids is 1. The summed E-state index contributed by atoms with van der Waals surface area (Å²) in [5.74, 6) is 0.359. The average Bonchev–Trinajstić information content (AvgIpc) is 2.81. The zero-order valence-corrected chi connectivity index (χ0v) is 17.5. The molecule has 0 radical (unpaired) electrons. The molecule has 0 saturated carbocycles. The van der Waals surface area contributed by atoms with Crippen LogP contribution in [0, 0.1) is 5.92 Å². The van der Waals surface area contributed by atoms with Crippen molar-refractivity contribution in [2.75, 3.05) is 0 Å². The standard InChI is InChI=1S/C21H36O2Si/c1-8-10-12-18(23-24(6,7)21(3,4)5)14-15-19-17(11-9-2)13-16-20(19)22/h9,13,15-18H,2,8,10-12,14H2,1,3-7H3/b19-15+/t17-,18-/m0/s1. The molecule has 136 valence electrons. The van der Waals surface area contributed by atoms with Crippen LogP contribution in [0.1, 0.15) is 59.8 Å². The topological polar surface area (TPSA) is 26.3 Å². The van der Waals surface area contributed by atoms with Crippen LogP contribution in [0.3, 0.4) is 0 Å². The molecule has 0 aromatic rings. The highest BCUT2D eigenvalue weighted by atomic mass is 28.4. The lowest BCUT2D eigenvalue weighted by atomic mass is 9.96. The van der Waals surface area contributed by atoms with Gasteiger partial charge in [-0.3, -0.25) is 4.79 Å². The molecule has 0 unspecified atom stereocenters. The molecule has 0 bridgehead atoms. The number of allylic oxidation sites excluding steroid dienone is 4. The van der Waals surface area contributed by atoms with Crippen LogP contribution in [0.2, 0.25) is 18.1 Å². The first-order chi connectivity index (χ1) is 11.1. The Morgan fingerprint density at radius 1 is 1.38 bits per heavy atom. The van der Waals surface area contributed by atoms with E-state index < -0.39 is 8.32 Å². The van der Waals surface area contributed by atoms with Crippen molar-refractivity contribution in [2.45, 2.75) is 84.0 Å². The fraction of sp³-hybridized carbons (Fsp3) is 0.667. The summed E-state index contributed by atoms with van der Waals surface area (Å²) in [5.41, 5.74) is 0.926. The second kappa shape index (κ2) is 8.96. The Hall–Kier alpha value is -0.933. The van der Waals surface area contributed by atoms with E-state index in [1.807, 2.05) is 12.2 Å². The normalized spacial score (nSPS) is 21.5. The summed E-state index contributed by atoms with van der Waals surface area (Å²) >= 11 is 0. The predicted molar refractivity (Wildman–Crippen MR) is 107 cm³/mol. The molecule has 1 rings (SSSR count). The SMILES string of the molecule is C=CC[C@H]1C=CC(=O)/C1=C/C[C@H](CCCC)O[Si](C)(C)C(C)(C)C. The molecule has 0 fully saturated rings. The molecule has 0 aliphatic heterocycles. The maximum Gasteiger partial charge on any atom is 0.192 e. The summed E-state index contributed by atoms with van der Waals surface area (Å²) in [7, 11) is -1.79. The van der Waals surface area contributed by atoms with Crippen molar-refractivity contribution in [2.24, 2.45) is 5.92 Å². The van der Waals surface area contributed by atoms with Gasteiger partial charge in [-0.15, -0.1) is 6.58 Å². The lowest BCUT2D eigenvalue weighted by Gasteiger charge is -2.39. The Morgan fingerprint density at radius 2 is 2.04 bits per heavy atom. The monoisotopic (exact) mass is 348 g/mol. The predicted octanol–water partition coefficient (Wildman–Crippen LogP) is 6.21. The minimum Gasteiger partial charge on any atom is -0.414 e. The Balaban J connectivity index is 2.84. The third-order valence-corrected chi connectivity index (χ3v) is 9.87. The molecule has 0 aromatic heterocycles. The van der Waals surface area contributed by atoms with E-state index in [-0.39, 0.29) is 22.8 Å². The molecular weight excluding hydrogens is 312 g/mol. The van der Waals surface area contributed by atoms with Gasteiger partial charge >= 0.3 is 0 Å². The maximum absolute atomic E-state index is 12.1. The van der Waals surface area contributed by atoms with Crippen molar-refractivity contribution in [3.8, 4) is 0 Å². The first-order valence-corrected chi connectivity index (χ1v) is 12.2. The van der Waals surface area contributed by atoms with E-state index in [9.17, 15) is 4.79 Å². The van der Waals surface area contributed by atoms with E-state index in [1.54, 1.807) is 6.08 Å². The third-order valence-electron chi connectivity index (χ3n) is 5.33. The van der Waals surface area contributed by atoms with Crippen molar-refractivity contribution in [3.63, 3.8) is 0 Å². The Morgan fingerprint density at radius 3 is 2.58 bits per heavy atom. The summed E-state index contributed by atoms with van der Waals surface area (Å²) in [6, 6.07) is 0. The van der Waals surface area contributed by atoms with Gasteiger partial charge in [0.25, 0.3) is 0 Å². The molecule has 1 aliphatic rings. The fourth-order valence-electron chi connectivity index (χ4n) is 2.73. The molecule has 0 saturated heterocycles. The maximum atomic E-state index is 12.1. The van der Waals surface area contributed by atoms with Crippen LogP contribution in [-0.2, 0) is 9.22 Å². The molecule has 0 N–H and O–H groups in total. The van der Waals surface area contributed by atoms with Crippen molar-refractivity contribution in [1.82, 2.24) is 0 Å². The number of carbonyl (C=O) groups is 1. The molecule has 24 heavy (non-hydrogen) atoms. The van der Waals surface area contributed by atoms with Gasteiger partial charge in [0.05, 0.1) is 0 Å². The van der Waals surface area contributed by atoms with Gasteiger partial charge in [-0.2, -0.15) is 0 Å². The first kappa shape index (κ1) is 21.1. The van der Waals surface area contributed by atoms with Crippen LogP contribution in [0.4, 0.5) is 0 Å². The largest absolute Gasteiger partial charge is 0.414 e. The lowest BCUT2D eigenvalue weighted by molar-refractivity contribution is -0.111. The van der Waals surface area contributed by atoms with Gasteiger partial charge in [0, 0.05) is 17.6 Å². The second-order valence-corrected chi connectivity index (χ2v) is 13.1. The van der Waals surface area contributed by atoms with Crippen LogP contribution in [0.25, 0.3) is 0 Å². The molecule has 0 aromatic carbocycles. The van der Waals surface area contributed by atoms with E-state index in [2.05, 4.69) is 53.4 Å². The van der Waals surface area contributed by atoms with Crippen LogP contribution in [0.15, 0.2) is 36.5 Å². The zero-order valence-electron chi connectivity index (χ0n) is 16.5. The minimum atomic E-state index is -1.79. The van der Waals surface area contributed by atoms with Crippen molar-refractivity contribution < 1.29 is 9.22 Å². The summed E-state index contributed by atoms with van der Waals surface area (Å²) < 4.78 is 6.64. The molecule has 0 amide bonds. The molecule has 2 nitrogen and oxygen atoms in total. The summed E-state index contributed by atoms with van der Waals surface area (Å²) in [6.07, 6.45) is 13.0. The molecule has 3 heteroatoms. The summed E-state index contributed by atoms with van der Waals surface area (Å²) in [6.45, 7) is 17.5. The third kappa shape index (κ3) is 5.85. The average molecular weight is 349 g/mol. The van der Waals surface area contributed by atoms with Gasteiger partial charge in [0.15, 0.2) is 14.1 Å². The number of hydrogen-bond acceptors (Lipinski definition) is 2. The lowest BCUT2D eigenvalue weighted by Crippen LogP contribution is -2.43. The number of unbranched alkanes of at least 4 members (excludes halogenated alkanes) is 1. The van der Waals surface area contributed by atoms with E-state index in [0.717, 1.165) is 24.8 Å². The van der Waals surface area contributed by atoms with Gasteiger partial charge in [-0.25, -0.2) is 0 Å². The Bertz CT molecular complexity index is 494. The van der Waals surface area contributed by atoms with Gasteiger partial charge in [0.1, 0.15) is 0 Å². The van der Waals surface area contributed by atoms with E-state index in [4.69, 9.17) is 4.43 Å². The Kier molecular flexibility index (Phi) is 7.88.